The monoisotopic (exact) mass is 346 g/mol. The number of benzene rings is 2. The lowest BCUT2D eigenvalue weighted by molar-refractivity contribution is -0.116. The highest BCUT2D eigenvalue weighted by Crippen LogP contribution is 2.32. The predicted octanol–water partition coefficient (Wildman–Crippen LogP) is 3.50. The van der Waals surface area contributed by atoms with E-state index in [1.807, 2.05) is 30.3 Å². The van der Waals surface area contributed by atoms with Gasteiger partial charge < -0.3 is 15.8 Å². The molecule has 3 rings (SSSR count). The Kier molecular flexibility index (Phi) is 3.84. The molecular formula is C16H15BrN2O2. The summed E-state index contributed by atoms with van der Waals surface area (Å²) in [4.78, 5) is 11.4. The van der Waals surface area contributed by atoms with Gasteiger partial charge in [0.15, 0.2) is 0 Å². The van der Waals surface area contributed by atoms with Gasteiger partial charge in [-0.1, -0.05) is 28.1 Å². The molecule has 4 nitrogen and oxygen atoms in total. The summed E-state index contributed by atoms with van der Waals surface area (Å²) < 4.78 is 6.84. The number of fused-ring (bicyclic) bond motifs is 1. The summed E-state index contributed by atoms with van der Waals surface area (Å²) in [6.45, 7) is 0.461. The fourth-order valence-electron chi connectivity index (χ4n) is 2.29. The van der Waals surface area contributed by atoms with Gasteiger partial charge in [-0.2, -0.15) is 0 Å². The van der Waals surface area contributed by atoms with Crippen molar-refractivity contribution >= 4 is 33.2 Å². The van der Waals surface area contributed by atoms with Crippen LogP contribution in [0, 0.1) is 0 Å². The molecule has 21 heavy (non-hydrogen) atoms. The van der Waals surface area contributed by atoms with Crippen LogP contribution in [0.5, 0.6) is 5.75 Å². The average Bonchev–Trinajstić information content (AvgIpc) is 2.47. The fraction of sp³-hybridized carbons (Fsp3) is 0.188. The van der Waals surface area contributed by atoms with E-state index in [0.717, 1.165) is 27.7 Å². The molecule has 1 heterocycles. The van der Waals surface area contributed by atoms with E-state index in [4.69, 9.17) is 10.5 Å². The number of nitrogens with one attached hydrogen (secondary N) is 1. The number of hydrogen-bond donors (Lipinski definition) is 2. The average molecular weight is 347 g/mol. The van der Waals surface area contributed by atoms with Crippen LogP contribution in [0.1, 0.15) is 17.5 Å². The van der Waals surface area contributed by atoms with E-state index >= 15 is 0 Å². The minimum atomic E-state index is 0.0328. The number of hydrogen-bond acceptors (Lipinski definition) is 3. The molecule has 0 bridgehead atoms. The molecule has 0 spiro atoms. The van der Waals surface area contributed by atoms with Crippen molar-refractivity contribution in [2.24, 2.45) is 0 Å². The van der Waals surface area contributed by atoms with Crippen molar-refractivity contribution in [3.8, 4) is 5.75 Å². The summed E-state index contributed by atoms with van der Waals surface area (Å²) in [5.41, 5.74) is 9.46. The second-order valence-corrected chi connectivity index (χ2v) is 5.93. The minimum absolute atomic E-state index is 0.0328. The van der Waals surface area contributed by atoms with Crippen LogP contribution in [0.2, 0.25) is 0 Å². The molecular weight excluding hydrogens is 332 g/mol. The van der Waals surface area contributed by atoms with Crippen LogP contribution in [0.15, 0.2) is 40.9 Å². The molecule has 0 aliphatic carbocycles. The van der Waals surface area contributed by atoms with Crippen LogP contribution in [0.3, 0.4) is 0 Å². The zero-order chi connectivity index (χ0) is 14.8. The van der Waals surface area contributed by atoms with Gasteiger partial charge in [-0.05, 0) is 41.8 Å². The van der Waals surface area contributed by atoms with Crippen LogP contribution < -0.4 is 15.8 Å². The minimum Gasteiger partial charge on any atom is -0.487 e. The van der Waals surface area contributed by atoms with Gasteiger partial charge in [0.25, 0.3) is 0 Å². The standard InChI is InChI=1S/C16H15BrN2O2/c17-12-4-1-10(2-5-12)9-21-15-7-11-3-6-16(20)19-14(11)8-13(15)18/h1-2,4-5,7-8H,3,6,9,18H2,(H,19,20). The highest BCUT2D eigenvalue weighted by atomic mass is 79.9. The van der Waals surface area contributed by atoms with Crippen LogP contribution in [0.25, 0.3) is 0 Å². The molecule has 1 aliphatic rings. The number of anilines is 2. The zero-order valence-corrected chi connectivity index (χ0v) is 12.9. The number of nitrogen functional groups attached to an aromatic ring is 1. The number of nitrogens with two attached hydrogens (primary N) is 1. The molecule has 1 aliphatic heterocycles. The lowest BCUT2D eigenvalue weighted by atomic mass is 10.0. The number of carbonyl (C=O) groups excluding carboxylic acids is 1. The number of ether oxygens (including phenoxy) is 1. The van der Waals surface area contributed by atoms with E-state index in [1.165, 1.54) is 0 Å². The first kappa shape index (κ1) is 13.9. The molecule has 1 amide bonds. The van der Waals surface area contributed by atoms with E-state index in [2.05, 4.69) is 21.2 Å². The lowest BCUT2D eigenvalue weighted by Gasteiger charge is -2.19. The molecule has 0 fully saturated rings. The maximum atomic E-state index is 11.4. The van der Waals surface area contributed by atoms with E-state index in [-0.39, 0.29) is 5.91 Å². The van der Waals surface area contributed by atoms with Crippen molar-refractivity contribution in [2.75, 3.05) is 11.1 Å². The molecule has 3 N–H and O–H groups in total. The normalized spacial score (nSPS) is 13.5. The van der Waals surface area contributed by atoms with Crippen molar-refractivity contribution < 1.29 is 9.53 Å². The summed E-state index contributed by atoms with van der Waals surface area (Å²) in [6.07, 6.45) is 1.22. The maximum absolute atomic E-state index is 11.4. The molecule has 0 radical (unpaired) electrons. The summed E-state index contributed by atoms with van der Waals surface area (Å²) in [6, 6.07) is 11.6. The maximum Gasteiger partial charge on any atom is 0.224 e. The van der Waals surface area contributed by atoms with Crippen LogP contribution in [0.4, 0.5) is 11.4 Å². The first-order valence-corrected chi connectivity index (χ1v) is 7.50. The zero-order valence-electron chi connectivity index (χ0n) is 11.4. The molecule has 0 saturated carbocycles. The Morgan fingerprint density at radius 3 is 2.71 bits per heavy atom. The smallest absolute Gasteiger partial charge is 0.224 e. The topological polar surface area (TPSA) is 64.3 Å². The summed E-state index contributed by atoms with van der Waals surface area (Å²) in [7, 11) is 0. The number of rotatable bonds is 3. The Labute approximate surface area is 131 Å². The van der Waals surface area contributed by atoms with Crippen molar-refractivity contribution in [1.29, 1.82) is 0 Å². The fourth-order valence-corrected chi connectivity index (χ4v) is 2.55. The second-order valence-electron chi connectivity index (χ2n) is 5.01. The highest BCUT2D eigenvalue weighted by Gasteiger charge is 2.17. The van der Waals surface area contributed by atoms with Gasteiger partial charge in [0.1, 0.15) is 12.4 Å². The van der Waals surface area contributed by atoms with Gasteiger partial charge in [0, 0.05) is 16.6 Å². The van der Waals surface area contributed by atoms with E-state index in [9.17, 15) is 4.79 Å². The Morgan fingerprint density at radius 2 is 1.95 bits per heavy atom. The van der Waals surface area contributed by atoms with Gasteiger partial charge in [0.2, 0.25) is 5.91 Å². The van der Waals surface area contributed by atoms with Crippen molar-refractivity contribution in [3.63, 3.8) is 0 Å². The summed E-state index contributed by atoms with van der Waals surface area (Å²) >= 11 is 3.40. The quantitative estimate of drug-likeness (QED) is 0.836. The van der Waals surface area contributed by atoms with E-state index in [1.54, 1.807) is 6.07 Å². The molecule has 5 heteroatoms. The molecule has 2 aromatic rings. The summed E-state index contributed by atoms with van der Waals surface area (Å²) in [5, 5.41) is 2.83. The number of carbonyl (C=O) groups is 1. The number of aryl methyl sites for hydroxylation is 1. The Balaban J connectivity index is 1.76. The Bertz CT molecular complexity index is 683. The Morgan fingerprint density at radius 1 is 1.19 bits per heavy atom. The van der Waals surface area contributed by atoms with Crippen LogP contribution in [-0.2, 0) is 17.8 Å². The van der Waals surface area contributed by atoms with E-state index < -0.39 is 0 Å². The van der Waals surface area contributed by atoms with Crippen molar-refractivity contribution in [3.05, 3.63) is 52.0 Å². The third-order valence-corrected chi connectivity index (χ3v) is 3.97. The van der Waals surface area contributed by atoms with Gasteiger partial charge in [-0.15, -0.1) is 0 Å². The molecule has 0 aromatic heterocycles. The second kappa shape index (κ2) is 5.77. The molecule has 0 atom stereocenters. The molecule has 0 saturated heterocycles. The van der Waals surface area contributed by atoms with Crippen LogP contribution in [-0.4, -0.2) is 5.91 Å². The molecule has 0 unspecified atom stereocenters. The lowest BCUT2D eigenvalue weighted by Crippen LogP contribution is -2.19. The van der Waals surface area contributed by atoms with Crippen molar-refractivity contribution in [1.82, 2.24) is 0 Å². The number of amides is 1. The van der Waals surface area contributed by atoms with Gasteiger partial charge in [-0.25, -0.2) is 0 Å². The Hall–Kier alpha value is -2.01. The third-order valence-electron chi connectivity index (χ3n) is 3.44. The summed E-state index contributed by atoms with van der Waals surface area (Å²) in [5.74, 6) is 0.693. The number of halogens is 1. The molecule has 2 aromatic carbocycles. The predicted molar refractivity (Wildman–Crippen MR) is 86.3 cm³/mol. The van der Waals surface area contributed by atoms with E-state index in [0.29, 0.717) is 24.5 Å². The SMILES string of the molecule is Nc1cc2c(cc1OCc1ccc(Br)cc1)CCC(=O)N2. The van der Waals surface area contributed by atoms with Crippen LogP contribution >= 0.6 is 15.9 Å². The third kappa shape index (κ3) is 3.19. The molecule has 108 valence electrons. The van der Waals surface area contributed by atoms with Crippen molar-refractivity contribution in [2.45, 2.75) is 19.4 Å². The largest absolute Gasteiger partial charge is 0.487 e. The first-order valence-electron chi connectivity index (χ1n) is 6.71. The van der Waals surface area contributed by atoms with Gasteiger partial charge in [0.05, 0.1) is 5.69 Å². The van der Waals surface area contributed by atoms with Gasteiger partial charge in [-0.3, -0.25) is 4.79 Å². The highest BCUT2D eigenvalue weighted by molar-refractivity contribution is 9.10. The van der Waals surface area contributed by atoms with Gasteiger partial charge >= 0.3 is 0 Å². The first-order chi connectivity index (χ1) is 10.1.